The van der Waals surface area contributed by atoms with Crippen LogP contribution in [0, 0.1) is 0 Å². The number of aromatic nitrogens is 4. The molecule has 0 aliphatic heterocycles. The minimum Gasteiger partial charge on any atom is -0.229 e. The van der Waals surface area contributed by atoms with Gasteiger partial charge in [-0.25, -0.2) is 9.13 Å². The highest BCUT2D eigenvalue weighted by Crippen LogP contribution is 2.18. The van der Waals surface area contributed by atoms with Gasteiger partial charge in [0, 0.05) is 6.42 Å². The largest absolute Gasteiger partial charge is 0.249 e. The highest BCUT2D eigenvalue weighted by atomic mass is 15.2. The van der Waals surface area contributed by atoms with Crippen LogP contribution in [0.25, 0.3) is 33.4 Å². The molecule has 4 aromatic carbocycles. The van der Waals surface area contributed by atoms with Crippen LogP contribution in [0.15, 0.2) is 122 Å². The second kappa shape index (κ2) is 8.40. The lowest BCUT2D eigenvalue weighted by Crippen LogP contribution is -2.38. The number of hydrogen-bond acceptors (Lipinski definition) is 0. The summed E-state index contributed by atoms with van der Waals surface area (Å²) in [5, 5.41) is 0. The van der Waals surface area contributed by atoms with Gasteiger partial charge in [-0.2, -0.15) is 9.13 Å². The fourth-order valence-electron chi connectivity index (χ4n) is 4.71. The molecule has 0 aliphatic carbocycles. The van der Waals surface area contributed by atoms with Gasteiger partial charge in [-0.05, 0) is 48.5 Å². The maximum atomic E-state index is 2.37. The molecule has 33 heavy (non-hydrogen) atoms. The summed E-state index contributed by atoms with van der Waals surface area (Å²) in [5.41, 5.74) is 7.37. The van der Waals surface area contributed by atoms with Crippen LogP contribution < -0.4 is 9.13 Å². The molecule has 4 nitrogen and oxygen atoms in total. The summed E-state index contributed by atoms with van der Waals surface area (Å²) in [6.07, 6.45) is 5.51. The summed E-state index contributed by atoms with van der Waals surface area (Å²) in [6, 6.07) is 38.4. The van der Waals surface area contributed by atoms with Crippen molar-refractivity contribution in [2.24, 2.45) is 0 Å². The Bertz CT molecular complexity index is 1410. The minimum absolute atomic E-state index is 0.957. The Kier molecular flexibility index (Phi) is 4.96. The molecule has 6 rings (SSSR count). The molecule has 0 fully saturated rings. The standard InChI is InChI=1S/C29H26N4/c1-3-12-24(13-4-1)32-22-30(26-16-7-9-18-28(26)32)20-11-21-31-23-33(25-14-5-2-6-15-25)29-19-10-8-17-27(29)31/h1-10,12-19,22-23H,11,20-21H2/q+2. The van der Waals surface area contributed by atoms with Crippen LogP contribution >= 0.6 is 0 Å². The average Bonchev–Trinajstić information content (AvgIpc) is 3.44. The van der Waals surface area contributed by atoms with E-state index in [0.29, 0.717) is 0 Å². The van der Waals surface area contributed by atoms with Crippen molar-refractivity contribution in [2.45, 2.75) is 19.5 Å². The normalized spacial score (nSPS) is 11.4. The number of rotatable bonds is 6. The van der Waals surface area contributed by atoms with Gasteiger partial charge in [0.15, 0.2) is 22.1 Å². The van der Waals surface area contributed by atoms with Gasteiger partial charge in [-0.15, -0.1) is 0 Å². The Morgan fingerprint density at radius 1 is 0.455 bits per heavy atom. The van der Waals surface area contributed by atoms with E-state index in [4.69, 9.17) is 0 Å². The molecule has 0 saturated carbocycles. The van der Waals surface area contributed by atoms with Crippen LogP contribution in [-0.4, -0.2) is 9.13 Å². The van der Waals surface area contributed by atoms with Crippen LogP contribution in [0.5, 0.6) is 0 Å². The first-order valence-electron chi connectivity index (χ1n) is 11.5. The van der Waals surface area contributed by atoms with Gasteiger partial charge >= 0.3 is 0 Å². The third-order valence-corrected chi connectivity index (χ3v) is 6.28. The second-order valence-electron chi connectivity index (χ2n) is 8.36. The van der Waals surface area contributed by atoms with Gasteiger partial charge in [0.05, 0.1) is 13.1 Å². The lowest BCUT2D eigenvalue weighted by molar-refractivity contribution is -0.702. The van der Waals surface area contributed by atoms with Crippen LogP contribution in [0.3, 0.4) is 0 Å². The zero-order chi connectivity index (χ0) is 22.0. The van der Waals surface area contributed by atoms with E-state index < -0.39 is 0 Å². The molecule has 6 aromatic rings. The van der Waals surface area contributed by atoms with Crippen molar-refractivity contribution in [3.63, 3.8) is 0 Å². The number of fused-ring (bicyclic) bond motifs is 2. The molecule has 0 aliphatic rings. The van der Waals surface area contributed by atoms with Gasteiger partial charge in [0.2, 0.25) is 12.7 Å². The molecular weight excluding hydrogens is 404 g/mol. The molecule has 2 heterocycles. The van der Waals surface area contributed by atoms with E-state index in [1.54, 1.807) is 0 Å². The summed E-state index contributed by atoms with van der Waals surface area (Å²) >= 11 is 0. The predicted octanol–water partition coefficient (Wildman–Crippen LogP) is 5.24. The highest BCUT2D eigenvalue weighted by molar-refractivity contribution is 5.74. The highest BCUT2D eigenvalue weighted by Gasteiger charge is 2.19. The topological polar surface area (TPSA) is 17.6 Å². The quantitative estimate of drug-likeness (QED) is 0.322. The molecule has 0 atom stereocenters. The molecule has 0 amide bonds. The van der Waals surface area contributed by atoms with Crippen molar-refractivity contribution in [3.05, 3.63) is 122 Å². The first-order valence-corrected chi connectivity index (χ1v) is 11.5. The Labute approximate surface area is 193 Å². The third-order valence-electron chi connectivity index (χ3n) is 6.28. The number of nitrogens with zero attached hydrogens (tertiary/aromatic N) is 4. The van der Waals surface area contributed by atoms with Crippen LogP contribution in [0.1, 0.15) is 6.42 Å². The molecular formula is C29H26N4+2. The van der Waals surface area contributed by atoms with E-state index in [1.807, 2.05) is 0 Å². The number of hydrogen-bond donors (Lipinski definition) is 0. The van der Waals surface area contributed by atoms with Gasteiger partial charge in [-0.3, -0.25) is 0 Å². The van der Waals surface area contributed by atoms with E-state index in [1.165, 1.54) is 33.4 Å². The van der Waals surface area contributed by atoms with Crippen molar-refractivity contribution in [2.75, 3.05) is 0 Å². The maximum absolute atomic E-state index is 2.37. The number of imidazole rings is 2. The summed E-state index contributed by atoms with van der Waals surface area (Å²) in [4.78, 5) is 0. The van der Waals surface area contributed by atoms with E-state index in [-0.39, 0.29) is 0 Å². The number of benzene rings is 4. The molecule has 0 bridgehead atoms. The van der Waals surface area contributed by atoms with Crippen LogP contribution in [-0.2, 0) is 13.1 Å². The zero-order valence-electron chi connectivity index (χ0n) is 18.5. The zero-order valence-corrected chi connectivity index (χ0v) is 18.5. The van der Waals surface area contributed by atoms with E-state index in [0.717, 1.165) is 19.5 Å². The SMILES string of the molecule is c1ccc(-n2c[n+](CCC[n+]3cn(-c4ccccc4)c4ccccc43)c3ccccc32)cc1. The molecule has 0 spiro atoms. The second-order valence-corrected chi connectivity index (χ2v) is 8.36. The first-order chi connectivity index (χ1) is 16.4. The summed E-state index contributed by atoms with van der Waals surface area (Å²) in [7, 11) is 0. The summed E-state index contributed by atoms with van der Waals surface area (Å²) < 4.78 is 9.31. The number of aryl methyl sites for hydroxylation is 2. The maximum Gasteiger partial charge on any atom is 0.249 e. The van der Waals surface area contributed by atoms with Crippen molar-refractivity contribution in [1.29, 1.82) is 0 Å². The van der Waals surface area contributed by atoms with Crippen LogP contribution in [0.2, 0.25) is 0 Å². The van der Waals surface area contributed by atoms with Crippen molar-refractivity contribution in [3.8, 4) is 11.4 Å². The molecule has 2 aromatic heterocycles. The summed E-state index contributed by atoms with van der Waals surface area (Å²) in [5.74, 6) is 0. The molecule has 0 saturated heterocycles. The summed E-state index contributed by atoms with van der Waals surface area (Å²) in [6.45, 7) is 1.91. The van der Waals surface area contributed by atoms with Crippen molar-refractivity contribution in [1.82, 2.24) is 9.13 Å². The monoisotopic (exact) mass is 430 g/mol. The molecule has 0 unspecified atom stereocenters. The molecule has 0 N–H and O–H groups in total. The van der Waals surface area contributed by atoms with Gasteiger partial charge in [-0.1, -0.05) is 60.7 Å². The Morgan fingerprint density at radius 2 is 0.848 bits per heavy atom. The first kappa shape index (κ1) is 19.5. The lowest BCUT2D eigenvalue weighted by Gasteiger charge is -1.98. The van der Waals surface area contributed by atoms with Crippen molar-refractivity contribution < 1.29 is 9.13 Å². The molecule has 160 valence electrons. The van der Waals surface area contributed by atoms with E-state index in [9.17, 15) is 0 Å². The van der Waals surface area contributed by atoms with E-state index >= 15 is 0 Å². The van der Waals surface area contributed by atoms with Gasteiger partial charge in [0.1, 0.15) is 11.4 Å². The molecule has 0 radical (unpaired) electrons. The lowest BCUT2D eigenvalue weighted by atomic mass is 10.2. The average molecular weight is 431 g/mol. The predicted molar refractivity (Wildman–Crippen MR) is 132 cm³/mol. The minimum atomic E-state index is 0.957. The van der Waals surface area contributed by atoms with E-state index in [2.05, 4.69) is 140 Å². The fraction of sp³-hybridized carbons (Fsp3) is 0.103. The van der Waals surface area contributed by atoms with Crippen molar-refractivity contribution >= 4 is 22.1 Å². The Balaban J connectivity index is 1.30. The van der Waals surface area contributed by atoms with Crippen LogP contribution in [0.4, 0.5) is 0 Å². The Hall–Kier alpha value is -4.18. The Morgan fingerprint density at radius 3 is 1.30 bits per heavy atom. The number of para-hydroxylation sites is 6. The van der Waals surface area contributed by atoms with Gasteiger partial charge < -0.3 is 0 Å². The third kappa shape index (κ3) is 3.60. The molecule has 4 heteroatoms. The smallest absolute Gasteiger partial charge is 0.229 e. The fourth-order valence-corrected chi connectivity index (χ4v) is 4.71. The van der Waals surface area contributed by atoms with Gasteiger partial charge in [0.25, 0.3) is 0 Å².